The van der Waals surface area contributed by atoms with E-state index < -0.39 is 5.91 Å². The number of carbonyl (C=O) groups is 1. The molecule has 26 heavy (non-hydrogen) atoms. The predicted octanol–water partition coefficient (Wildman–Crippen LogP) is 6.20. The van der Waals surface area contributed by atoms with Crippen molar-refractivity contribution in [1.29, 1.82) is 5.26 Å². The molecule has 0 aliphatic heterocycles. The lowest BCUT2D eigenvalue weighted by Crippen LogP contribution is -2.13. The van der Waals surface area contributed by atoms with Crippen molar-refractivity contribution in [3.05, 3.63) is 61.5 Å². The second-order valence-corrected chi connectivity index (χ2v) is 7.44. The van der Waals surface area contributed by atoms with Crippen LogP contribution in [0.15, 0.2) is 50.9 Å². The summed E-state index contributed by atoms with van der Waals surface area (Å²) >= 11 is 12.7. The molecule has 7 heteroatoms. The fourth-order valence-corrected chi connectivity index (χ4v) is 3.63. The fraction of sp³-hybridized carbons (Fsp3) is 0.158. The molecule has 0 aliphatic carbocycles. The monoisotopic (exact) mass is 496 g/mol. The van der Waals surface area contributed by atoms with Gasteiger partial charge in [0.05, 0.1) is 15.6 Å². The van der Waals surface area contributed by atoms with Crippen LogP contribution in [0.1, 0.15) is 18.9 Å². The summed E-state index contributed by atoms with van der Waals surface area (Å²) in [4.78, 5) is 12.3. The summed E-state index contributed by atoms with van der Waals surface area (Å²) in [5, 5.41) is 12.6. The van der Waals surface area contributed by atoms with Crippen LogP contribution in [0.4, 0.5) is 5.69 Å². The van der Waals surface area contributed by atoms with Crippen molar-refractivity contribution in [3.8, 4) is 11.8 Å². The van der Waals surface area contributed by atoms with Gasteiger partial charge in [-0.15, -0.1) is 0 Å². The largest absolute Gasteiger partial charge is 0.491 e. The van der Waals surface area contributed by atoms with E-state index >= 15 is 0 Å². The van der Waals surface area contributed by atoms with Gasteiger partial charge >= 0.3 is 0 Å². The van der Waals surface area contributed by atoms with Crippen LogP contribution in [-0.2, 0) is 4.79 Å². The summed E-state index contributed by atoms with van der Waals surface area (Å²) in [6.07, 6.45) is 2.41. The number of rotatable bonds is 6. The zero-order chi connectivity index (χ0) is 19.1. The van der Waals surface area contributed by atoms with Crippen molar-refractivity contribution in [2.45, 2.75) is 13.3 Å². The summed E-state index contributed by atoms with van der Waals surface area (Å²) in [7, 11) is 0. The number of benzene rings is 2. The van der Waals surface area contributed by atoms with Crippen molar-refractivity contribution < 1.29 is 9.53 Å². The third-order valence-corrected chi connectivity index (χ3v) is 4.68. The summed E-state index contributed by atoms with van der Waals surface area (Å²) in [5.74, 6) is 0.196. The van der Waals surface area contributed by atoms with E-state index in [4.69, 9.17) is 16.3 Å². The van der Waals surface area contributed by atoms with Crippen LogP contribution in [0, 0.1) is 11.3 Å². The predicted molar refractivity (Wildman–Crippen MR) is 111 cm³/mol. The molecule has 4 nitrogen and oxygen atoms in total. The zero-order valence-corrected chi connectivity index (χ0v) is 17.8. The topological polar surface area (TPSA) is 62.1 Å². The number of anilines is 1. The highest BCUT2D eigenvalue weighted by molar-refractivity contribution is 9.11. The van der Waals surface area contributed by atoms with Gasteiger partial charge in [0.25, 0.3) is 5.91 Å². The molecule has 2 rings (SSSR count). The Labute approximate surface area is 174 Å². The molecular formula is C19H15Br2ClN2O2. The lowest BCUT2D eigenvalue weighted by atomic mass is 10.1. The molecule has 2 aromatic rings. The van der Waals surface area contributed by atoms with Crippen LogP contribution in [0.3, 0.4) is 0 Å². The van der Waals surface area contributed by atoms with Gasteiger partial charge < -0.3 is 10.1 Å². The van der Waals surface area contributed by atoms with Gasteiger partial charge in [-0.2, -0.15) is 5.26 Å². The third kappa shape index (κ3) is 5.60. The minimum atomic E-state index is -0.492. The van der Waals surface area contributed by atoms with Gasteiger partial charge in [-0.3, -0.25) is 4.79 Å². The van der Waals surface area contributed by atoms with Gasteiger partial charge in [0.15, 0.2) is 0 Å². The lowest BCUT2D eigenvalue weighted by Gasteiger charge is -2.10. The Kier molecular flexibility index (Phi) is 7.70. The number of nitriles is 1. The molecule has 1 N–H and O–H groups in total. The van der Waals surface area contributed by atoms with Gasteiger partial charge in [-0.25, -0.2) is 0 Å². The standard InChI is InChI=1S/C19H15Br2ClN2O2/c1-2-7-26-18-16(20)9-12(10-17(18)21)8-13(11-23)19(25)24-15-5-3-14(22)4-6-15/h3-6,8-10H,2,7H2,1H3,(H,24,25)/b13-8+. The van der Waals surface area contributed by atoms with Gasteiger partial charge in [0, 0.05) is 10.7 Å². The van der Waals surface area contributed by atoms with E-state index in [0.29, 0.717) is 28.6 Å². The molecule has 0 aliphatic rings. The minimum absolute atomic E-state index is 0.0130. The Morgan fingerprint density at radius 2 is 1.88 bits per heavy atom. The third-order valence-electron chi connectivity index (χ3n) is 3.25. The molecule has 0 heterocycles. The number of hydrogen-bond donors (Lipinski definition) is 1. The average Bonchev–Trinajstić information content (AvgIpc) is 2.61. The number of hydrogen-bond acceptors (Lipinski definition) is 3. The Morgan fingerprint density at radius 3 is 2.42 bits per heavy atom. The van der Waals surface area contributed by atoms with Gasteiger partial charge in [0.1, 0.15) is 17.4 Å². The van der Waals surface area contributed by atoms with E-state index in [1.54, 1.807) is 36.4 Å². The van der Waals surface area contributed by atoms with E-state index in [1.807, 2.05) is 13.0 Å². The van der Waals surface area contributed by atoms with E-state index in [0.717, 1.165) is 15.4 Å². The van der Waals surface area contributed by atoms with E-state index in [9.17, 15) is 10.1 Å². The quantitative estimate of drug-likeness (QED) is 0.381. The first kappa shape index (κ1) is 20.5. The zero-order valence-electron chi connectivity index (χ0n) is 13.9. The summed E-state index contributed by atoms with van der Waals surface area (Å²) in [5.41, 5.74) is 1.24. The molecule has 0 bridgehead atoms. The molecular weight excluding hydrogens is 483 g/mol. The average molecular weight is 499 g/mol. The molecule has 134 valence electrons. The molecule has 0 radical (unpaired) electrons. The Balaban J connectivity index is 2.23. The Hall–Kier alpha value is -1.81. The van der Waals surface area contributed by atoms with E-state index in [-0.39, 0.29) is 5.57 Å². The maximum absolute atomic E-state index is 12.3. The van der Waals surface area contributed by atoms with Crippen LogP contribution in [0.25, 0.3) is 6.08 Å². The SMILES string of the molecule is CCCOc1c(Br)cc(/C=C(\C#N)C(=O)Nc2ccc(Cl)cc2)cc1Br. The molecule has 0 saturated carbocycles. The number of nitrogens with zero attached hydrogens (tertiary/aromatic N) is 1. The molecule has 0 atom stereocenters. The fourth-order valence-electron chi connectivity index (χ4n) is 2.05. The van der Waals surface area contributed by atoms with Crippen molar-refractivity contribution in [1.82, 2.24) is 0 Å². The molecule has 2 aromatic carbocycles. The summed E-state index contributed by atoms with van der Waals surface area (Å²) in [6.45, 7) is 2.62. The molecule has 0 spiro atoms. The number of nitrogens with one attached hydrogen (secondary N) is 1. The molecule has 0 aromatic heterocycles. The molecule has 0 unspecified atom stereocenters. The van der Waals surface area contributed by atoms with Crippen LogP contribution in [0.2, 0.25) is 5.02 Å². The maximum Gasteiger partial charge on any atom is 0.266 e. The van der Waals surface area contributed by atoms with Crippen LogP contribution in [-0.4, -0.2) is 12.5 Å². The number of amides is 1. The first-order valence-electron chi connectivity index (χ1n) is 7.75. The smallest absolute Gasteiger partial charge is 0.266 e. The highest BCUT2D eigenvalue weighted by Gasteiger charge is 2.12. The molecule has 1 amide bonds. The summed E-state index contributed by atoms with van der Waals surface area (Å²) < 4.78 is 7.15. The highest BCUT2D eigenvalue weighted by Crippen LogP contribution is 2.35. The van der Waals surface area contributed by atoms with Crippen LogP contribution in [0.5, 0.6) is 5.75 Å². The van der Waals surface area contributed by atoms with Crippen molar-refractivity contribution in [2.24, 2.45) is 0 Å². The second-order valence-electron chi connectivity index (χ2n) is 5.29. The lowest BCUT2D eigenvalue weighted by molar-refractivity contribution is -0.112. The number of carbonyl (C=O) groups excluding carboxylic acids is 1. The molecule has 0 saturated heterocycles. The van der Waals surface area contributed by atoms with Crippen molar-refractivity contribution in [3.63, 3.8) is 0 Å². The first-order valence-corrected chi connectivity index (χ1v) is 9.71. The number of halogens is 3. The van der Waals surface area contributed by atoms with Crippen molar-refractivity contribution in [2.75, 3.05) is 11.9 Å². The Morgan fingerprint density at radius 1 is 1.27 bits per heavy atom. The van der Waals surface area contributed by atoms with Crippen molar-refractivity contribution >= 4 is 61.1 Å². The number of ether oxygens (including phenoxy) is 1. The van der Waals surface area contributed by atoms with E-state index in [2.05, 4.69) is 37.2 Å². The normalized spacial score (nSPS) is 11.0. The van der Waals surface area contributed by atoms with Crippen LogP contribution >= 0.6 is 43.5 Å². The Bertz CT molecular complexity index is 851. The van der Waals surface area contributed by atoms with Crippen LogP contribution < -0.4 is 10.1 Å². The minimum Gasteiger partial charge on any atom is -0.491 e. The van der Waals surface area contributed by atoms with Gasteiger partial charge in [0.2, 0.25) is 0 Å². The highest BCUT2D eigenvalue weighted by atomic mass is 79.9. The first-order chi connectivity index (χ1) is 12.4. The second kappa shape index (κ2) is 9.77. The summed E-state index contributed by atoms with van der Waals surface area (Å²) in [6, 6.07) is 12.2. The van der Waals surface area contributed by atoms with Gasteiger partial charge in [-0.05, 0) is 86.3 Å². The van der Waals surface area contributed by atoms with Gasteiger partial charge in [-0.1, -0.05) is 18.5 Å². The molecule has 0 fully saturated rings. The van der Waals surface area contributed by atoms with E-state index in [1.165, 1.54) is 6.08 Å². The maximum atomic E-state index is 12.3.